The first-order valence-corrected chi connectivity index (χ1v) is 5.56. The normalized spacial score (nSPS) is 11.1. The summed E-state index contributed by atoms with van der Waals surface area (Å²) in [5.41, 5.74) is 1.98. The molecule has 0 unspecified atom stereocenters. The summed E-state index contributed by atoms with van der Waals surface area (Å²) in [4.78, 5) is 4.16. The minimum absolute atomic E-state index is 0.408. The van der Waals surface area contributed by atoms with Crippen molar-refractivity contribution < 1.29 is 4.52 Å². The summed E-state index contributed by atoms with van der Waals surface area (Å²) in [7, 11) is 0. The van der Waals surface area contributed by atoms with Gasteiger partial charge < -0.3 is 4.52 Å². The van der Waals surface area contributed by atoms with Gasteiger partial charge in [-0.05, 0) is 30.5 Å². The standard InChI is InChI=1S/C12H13ClN2O/c1-7(2)10-5-4-9(6-11(10)13)12-14-8(3)15-16-12/h4-7H,1-3H3. The van der Waals surface area contributed by atoms with Gasteiger partial charge in [-0.2, -0.15) is 4.98 Å². The van der Waals surface area contributed by atoms with Gasteiger partial charge in [-0.15, -0.1) is 0 Å². The molecule has 0 N–H and O–H groups in total. The summed E-state index contributed by atoms with van der Waals surface area (Å²) < 4.78 is 5.09. The van der Waals surface area contributed by atoms with Gasteiger partial charge in [-0.1, -0.05) is 36.7 Å². The molecule has 0 bridgehead atoms. The van der Waals surface area contributed by atoms with E-state index in [1.165, 1.54) is 0 Å². The van der Waals surface area contributed by atoms with Crippen LogP contribution in [0.4, 0.5) is 0 Å². The SMILES string of the molecule is Cc1noc(-c2ccc(C(C)C)c(Cl)c2)n1. The third-order valence-corrected chi connectivity index (χ3v) is 2.72. The fraction of sp³-hybridized carbons (Fsp3) is 0.333. The topological polar surface area (TPSA) is 38.9 Å². The Morgan fingerprint density at radius 1 is 1.31 bits per heavy atom. The Balaban J connectivity index is 2.42. The Bertz CT molecular complexity index is 505. The molecular weight excluding hydrogens is 224 g/mol. The zero-order valence-electron chi connectivity index (χ0n) is 9.49. The van der Waals surface area contributed by atoms with Crippen molar-refractivity contribution in [3.05, 3.63) is 34.6 Å². The van der Waals surface area contributed by atoms with Crippen LogP contribution in [0, 0.1) is 6.92 Å². The number of hydrogen-bond donors (Lipinski definition) is 0. The average Bonchev–Trinajstić information content (AvgIpc) is 2.64. The molecule has 0 amide bonds. The molecule has 1 aromatic carbocycles. The summed E-state index contributed by atoms with van der Waals surface area (Å²) in [6, 6.07) is 5.82. The van der Waals surface area contributed by atoms with E-state index >= 15 is 0 Å². The highest BCUT2D eigenvalue weighted by Crippen LogP contribution is 2.28. The van der Waals surface area contributed by atoms with E-state index in [4.69, 9.17) is 16.1 Å². The Hall–Kier alpha value is -1.35. The molecule has 2 rings (SSSR count). The van der Waals surface area contributed by atoms with Crippen molar-refractivity contribution in [1.82, 2.24) is 10.1 Å². The number of halogens is 1. The van der Waals surface area contributed by atoms with E-state index in [1.807, 2.05) is 18.2 Å². The van der Waals surface area contributed by atoms with Crippen molar-refractivity contribution in [3.63, 3.8) is 0 Å². The Labute approximate surface area is 99.4 Å². The molecule has 0 saturated heterocycles. The van der Waals surface area contributed by atoms with Gasteiger partial charge in [-0.3, -0.25) is 0 Å². The van der Waals surface area contributed by atoms with Gasteiger partial charge >= 0.3 is 0 Å². The van der Waals surface area contributed by atoms with Crippen LogP contribution >= 0.6 is 11.6 Å². The Morgan fingerprint density at radius 3 is 2.56 bits per heavy atom. The highest BCUT2D eigenvalue weighted by molar-refractivity contribution is 6.31. The van der Waals surface area contributed by atoms with Crippen LogP contribution in [0.25, 0.3) is 11.5 Å². The maximum atomic E-state index is 6.19. The van der Waals surface area contributed by atoms with E-state index in [0.29, 0.717) is 17.6 Å². The highest BCUT2D eigenvalue weighted by Gasteiger charge is 2.10. The lowest BCUT2D eigenvalue weighted by Gasteiger charge is -2.08. The smallest absolute Gasteiger partial charge is 0.257 e. The fourth-order valence-electron chi connectivity index (χ4n) is 1.54. The molecule has 1 heterocycles. The molecule has 0 saturated carbocycles. The molecule has 84 valence electrons. The zero-order valence-corrected chi connectivity index (χ0v) is 10.2. The van der Waals surface area contributed by atoms with Gasteiger partial charge in [0.1, 0.15) is 0 Å². The van der Waals surface area contributed by atoms with Crippen LogP contribution in [0.15, 0.2) is 22.7 Å². The number of hydrogen-bond acceptors (Lipinski definition) is 3. The largest absolute Gasteiger partial charge is 0.334 e. The monoisotopic (exact) mass is 236 g/mol. The number of benzene rings is 1. The summed E-state index contributed by atoms with van der Waals surface area (Å²) >= 11 is 6.19. The van der Waals surface area contributed by atoms with Crippen LogP contribution in [-0.4, -0.2) is 10.1 Å². The van der Waals surface area contributed by atoms with Gasteiger partial charge in [0, 0.05) is 10.6 Å². The predicted molar refractivity (Wildman–Crippen MR) is 63.6 cm³/mol. The Morgan fingerprint density at radius 2 is 2.06 bits per heavy atom. The first-order chi connectivity index (χ1) is 7.58. The summed E-state index contributed by atoms with van der Waals surface area (Å²) in [5.74, 6) is 1.54. The van der Waals surface area contributed by atoms with Crippen LogP contribution in [-0.2, 0) is 0 Å². The lowest BCUT2D eigenvalue weighted by molar-refractivity contribution is 0.425. The quantitative estimate of drug-likeness (QED) is 0.796. The molecule has 0 radical (unpaired) electrons. The third kappa shape index (κ3) is 2.09. The van der Waals surface area contributed by atoms with Crippen molar-refractivity contribution in [1.29, 1.82) is 0 Å². The van der Waals surface area contributed by atoms with Gasteiger partial charge in [-0.25, -0.2) is 0 Å². The lowest BCUT2D eigenvalue weighted by atomic mass is 10.0. The maximum absolute atomic E-state index is 6.19. The van der Waals surface area contributed by atoms with Crippen LogP contribution in [0.5, 0.6) is 0 Å². The van der Waals surface area contributed by atoms with Gasteiger partial charge in [0.15, 0.2) is 5.82 Å². The van der Waals surface area contributed by atoms with Gasteiger partial charge in [0.2, 0.25) is 0 Å². The lowest BCUT2D eigenvalue weighted by Crippen LogP contribution is -1.89. The molecule has 0 aliphatic rings. The first kappa shape index (κ1) is 11.1. The van der Waals surface area contributed by atoms with E-state index in [0.717, 1.165) is 16.1 Å². The summed E-state index contributed by atoms with van der Waals surface area (Å²) in [5, 5.41) is 4.49. The molecule has 0 atom stereocenters. The zero-order chi connectivity index (χ0) is 11.7. The van der Waals surface area contributed by atoms with E-state index in [1.54, 1.807) is 6.92 Å². The molecule has 0 fully saturated rings. The number of aryl methyl sites for hydroxylation is 1. The number of rotatable bonds is 2. The molecule has 1 aromatic heterocycles. The van der Waals surface area contributed by atoms with Gasteiger partial charge in [0.25, 0.3) is 5.89 Å². The second kappa shape index (κ2) is 4.26. The third-order valence-electron chi connectivity index (χ3n) is 2.40. The van der Waals surface area contributed by atoms with Crippen molar-refractivity contribution >= 4 is 11.6 Å². The fourth-order valence-corrected chi connectivity index (χ4v) is 1.94. The first-order valence-electron chi connectivity index (χ1n) is 5.18. The molecule has 0 aliphatic carbocycles. The van der Waals surface area contributed by atoms with Crippen molar-refractivity contribution in [2.75, 3.05) is 0 Å². The minimum atomic E-state index is 0.408. The minimum Gasteiger partial charge on any atom is -0.334 e. The van der Waals surface area contributed by atoms with Crippen molar-refractivity contribution in [2.24, 2.45) is 0 Å². The molecule has 0 aliphatic heterocycles. The number of aromatic nitrogens is 2. The highest BCUT2D eigenvalue weighted by atomic mass is 35.5. The van der Waals surface area contributed by atoms with Gasteiger partial charge in [0.05, 0.1) is 0 Å². The average molecular weight is 237 g/mol. The van der Waals surface area contributed by atoms with E-state index in [2.05, 4.69) is 24.0 Å². The molecule has 0 spiro atoms. The van der Waals surface area contributed by atoms with Crippen molar-refractivity contribution in [3.8, 4) is 11.5 Å². The molecule has 4 heteroatoms. The maximum Gasteiger partial charge on any atom is 0.257 e. The van der Waals surface area contributed by atoms with E-state index in [9.17, 15) is 0 Å². The molecule has 3 nitrogen and oxygen atoms in total. The molecule has 16 heavy (non-hydrogen) atoms. The van der Waals surface area contributed by atoms with E-state index < -0.39 is 0 Å². The molecular formula is C12H13ClN2O. The van der Waals surface area contributed by atoms with Crippen molar-refractivity contribution in [2.45, 2.75) is 26.7 Å². The number of nitrogens with zero attached hydrogens (tertiary/aromatic N) is 2. The predicted octanol–water partition coefficient (Wildman–Crippen LogP) is 3.82. The van der Waals surface area contributed by atoms with Crippen LogP contribution in [0.3, 0.4) is 0 Å². The van der Waals surface area contributed by atoms with Crippen LogP contribution in [0.2, 0.25) is 5.02 Å². The van der Waals surface area contributed by atoms with Crippen LogP contribution < -0.4 is 0 Å². The summed E-state index contributed by atoms with van der Waals surface area (Å²) in [6.07, 6.45) is 0. The Kier molecular flexibility index (Phi) is 2.97. The second-order valence-electron chi connectivity index (χ2n) is 4.04. The summed E-state index contributed by atoms with van der Waals surface area (Å²) in [6.45, 7) is 6.01. The second-order valence-corrected chi connectivity index (χ2v) is 4.44. The van der Waals surface area contributed by atoms with Crippen LogP contribution in [0.1, 0.15) is 31.2 Å². The molecule has 2 aromatic rings. The van der Waals surface area contributed by atoms with E-state index in [-0.39, 0.29) is 0 Å².